The zero-order valence-corrected chi connectivity index (χ0v) is 14.2. The maximum absolute atomic E-state index is 9.55. The fraction of sp³-hybridized carbons (Fsp3) is 0.0476. The molecule has 3 rings (SSSR count). The molecule has 0 saturated heterocycles. The first-order chi connectivity index (χ1) is 11.8. The van der Waals surface area contributed by atoms with Gasteiger partial charge in [0.2, 0.25) is 0 Å². The van der Waals surface area contributed by atoms with E-state index in [1.807, 2.05) is 60.7 Å². The Morgan fingerprint density at radius 3 is 1.50 bits per heavy atom. The van der Waals surface area contributed by atoms with Gasteiger partial charge in [-0.25, -0.2) is 0 Å². The molecule has 0 bridgehead atoms. The van der Waals surface area contributed by atoms with Gasteiger partial charge in [0.05, 0.1) is 23.3 Å². The molecule has 0 atom stereocenters. The standard InChI is InChI=1S/C21H15N2P/c1-16-8-2-5-11-19(16)24(20-12-6-3-9-17(20)14-22)21-13-7-4-10-18(21)15-23/h2-13H,1H3. The summed E-state index contributed by atoms with van der Waals surface area (Å²) in [5, 5.41) is 22.3. The smallest absolute Gasteiger partial charge is 0.0998 e. The van der Waals surface area contributed by atoms with E-state index >= 15 is 0 Å². The van der Waals surface area contributed by atoms with Crippen molar-refractivity contribution in [1.29, 1.82) is 10.5 Å². The summed E-state index contributed by atoms with van der Waals surface area (Å²) in [5.74, 6) is 0. The molecule has 0 aliphatic carbocycles. The van der Waals surface area contributed by atoms with Crippen molar-refractivity contribution in [2.24, 2.45) is 0 Å². The minimum Gasteiger partial charge on any atom is -0.192 e. The first-order valence-electron chi connectivity index (χ1n) is 7.60. The van der Waals surface area contributed by atoms with Gasteiger partial charge in [-0.15, -0.1) is 0 Å². The zero-order chi connectivity index (χ0) is 16.9. The Bertz CT molecular complexity index is 906. The van der Waals surface area contributed by atoms with Gasteiger partial charge < -0.3 is 0 Å². The van der Waals surface area contributed by atoms with Gasteiger partial charge in [-0.05, 0) is 37.8 Å². The largest absolute Gasteiger partial charge is 0.192 e. The Kier molecular flexibility index (Phi) is 4.72. The number of benzene rings is 3. The highest BCUT2D eigenvalue weighted by Crippen LogP contribution is 2.36. The lowest BCUT2D eigenvalue weighted by atomic mass is 10.2. The number of nitrogens with zero attached hydrogens (tertiary/aromatic N) is 2. The molecule has 0 heterocycles. The second-order valence-electron chi connectivity index (χ2n) is 5.38. The van der Waals surface area contributed by atoms with E-state index in [-0.39, 0.29) is 0 Å². The van der Waals surface area contributed by atoms with Crippen molar-refractivity contribution in [1.82, 2.24) is 0 Å². The molecule has 0 N–H and O–H groups in total. The van der Waals surface area contributed by atoms with Crippen molar-refractivity contribution in [3.8, 4) is 12.1 Å². The minimum atomic E-state index is -0.965. The van der Waals surface area contributed by atoms with Crippen LogP contribution in [0.25, 0.3) is 0 Å². The SMILES string of the molecule is Cc1ccccc1P(c1ccccc1C#N)c1ccccc1C#N. The highest BCUT2D eigenvalue weighted by Gasteiger charge is 2.23. The highest BCUT2D eigenvalue weighted by atomic mass is 31.1. The average molecular weight is 326 g/mol. The molecule has 0 radical (unpaired) electrons. The molecule has 24 heavy (non-hydrogen) atoms. The van der Waals surface area contributed by atoms with Crippen molar-refractivity contribution in [3.63, 3.8) is 0 Å². The molecule has 0 aliphatic rings. The predicted octanol–water partition coefficient (Wildman–Crippen LogP) is 3.50. The zero-order valence-electron chi connectivity index (χ0n) is 13.3. The third kappa shape index (κ3) is 2.93. The average Bonchev–Trinajstić information content (AvgIpc) is 2.64. The van der Waals surface area contributed by atoms with Gasteiger partial charge in [-0.1, -0.05) is 60.7 Å². The van der Waals surface area contributed by atoms with E-state index in [0.717, 1.165) is 10.6 Å². The summed E-state index contributed by atoms with van der Waals surface area (Å²) in [5.41, 5.74) is 2.50. The van der Waals surface area contributed by atoms with Crippen molar-refractivity contribution < 1.29 is 0 Å². The van der Waals surface area contributed by atoms with Crippen molar-refractivity contribution >= 4 is 23.8 Å². The number of rotatable bonds is 3. The van der Waals surface area contributed by atoms with Crippen molar-refractivity contribution in [2.75, 3.05) is 0 Å². The molecule has 3 heteroatoms. The fourth-order valence-electron chi connectivity index (χ4n) is 2.73. The summed E-state index contributed by atoms with van der Waals surface area (Å²) >= 11 is 0. The van der Waals surface area contributed by atoms with E-state index in [0.29, 0.717) is 11.1 Å². The van der Waals surface area contributed by atoms with Gasteiger partial charge in [0, 0.05) is 10.6 Å². The molecule has 0 fully saturated rings. The number of hydrogen-bond acceptors (Lipinski definition) is 2. The number of hydrogen-bond donors (Lipinski definition) is 0. The lowest BCUT2D eigenvalue weighted by Crippen LogP contribution is -2.25. The summed E-state index contributed by atoms with van der Waals surface area (Å²) in [6.07, 6.45) is 0. The van der Waals surface area contributed by atoms with Crippen LogP contribution in [0.5, 0.6) is 0 Å². The summed E-state index contributed by atoms with van der Waals surface area (Å²) in [6.45, 7) is 2.08. The van der Waals surface area contributed by atoms with Gasteiger partial charge >= 0.3 is 0 Å². The number of nitriles is 2. The summed E-state index contributed by atoms with van der Waals surface area (Å²) < 4.78 is 0. The summed E-state index contributed by atoms with van der Waals surface area (Å²) in [6, 6.07) is 28.2. The maximum atomic E-state index is 9.55. The molecule has 2 nitrogen and oxygen atoms in total. The van der Waals surface area contributed by atoms with Gasteiger partial charge in [0.1, 0.15) is 0 Å². The van der Waals surface area contributed by atoms with E-state index in [1.165, 1.54) is 10.9 Å². The summed E-state index contributed by atoms with van der Waals surface area (Å²) in [4.78, 5) is 0. The van der Waals surface area contributed by atoms with Gasteiger partial charge in [-0.2, -0.15) is 10.5 Å². The van der Waals surface area contributed by atoms with E-state index in [9.17, 15) is 10.5 Å². The molecule has 0 spiro atoms. The number of aryl methyl sites for hydroxylation is 1. The Balaban J connectivity index is 2.33. The molecule has 0 aromatic heterocycles. The van der Waals surface area contributed by atoms with Crippen LogP contribution in [0, 0.1) is 29.6 Å². The van der Waals surface area contributed by atoms with E-state index in [2.05, 4.69) is 31.2 Å². The van der Waals surface area contributed by atoms with Crippen LogP contribution in [0.4, 0.5) is 0 Å². The third-order valence-corrected chi connectivity index (χ3v) is 6.61. The van der Waals surface area contributed by atoms with Crippen LogP contribution >= 0.6 is 7.92 Å². The Labute approximate surface area is 143 Å². The van der Waals surface area contributed by atoms with Crippen LogP contribution in [0.2, 0.25) is 0 Å². The van der Waals surface area contributed by atoms with E-state index in [4.69, 9.17) is 0 Å². The molecule has 0 aliphatic heterocycles. The Hall–Kier alpha value is -2.93. The molecule has 0 saturated carbocycles. The first kappa shape index (κ1) is 15.9. The predicted molar refractivity (Wildman–Crippen MR) is 99.3 cm³/mol. The maximum Gasteiger partial charge on any atom is 0.0998 e. The molecule has 0 unspecified atom stereocenters. The molecular formula is C21H15N2P. The van der Waals surface area contributed by atoms with Crippen LogP contribution in [-0.2, 0) is 0 Å². The molecule has 114 valence electrons. The molecular weight excluding hydrogens is 311 g/mol. The molecule has 3 aromatic carbocycles. The monoisotopic (exact) mass is 326 g/mol. The van der Waals surface area contributed by atoms with Crippen molar-refractivity contribution in [3.05, 3.63) is 89.5 Å². The quantitative estimate of drug-likeness (QED) is 0.692. The minimum absolute atomic E-state index is 0.666. The fourth-order valence-corrected chi connectivity index (χ4v) is 5.37. The van der Waals surface area contributed by atoms with Crippen molar-refractivity contribution in [2.45, 2.75) is 6.92 Å². The van der Waals surface area contributed by atoms with Gasteiger partial charge in [0.25, 0.3) is 0 Å². The highest BCUT2D eigenvalue weighted by molar-refractivity contribution is 7.80. The first-order valence-corrected chi connectivity index (χ1v) is 8.94. The topological polar surface area (TPSA) is 47.6 Å². The summed E-state index contributed by atoms with van der Waals surface area (Å²) in [7, 11) is -0.965. The lowest BCUT2D eigenvalue weighted by Gasteiger charge is -2.23. The van der Waals surface area contributed by atoms with Crippen LogP contribution in [0.3, 0.4) is 0 Å². The van der Waals surface area contributed by atoms with Crippen LogP contribution in [0.15, 0.2) is 72.8 Å². The van der Waals surface area contributed by atoms with Gasteiger partial charge in [-0.3, -0.25) is 0 Å². The van der Waals surface area contributed by atoms with Crippen LogP contribution in [0.1, 0.15) is 16.7 Å². The van der Waals surface area contributed by atoms with Crippen LogP contribution in [-0.4, -0.2) is 0 Å². The molecule has 0 amide bonds. The van der Waals surface area contributed by atoms with E-state index < -0.39 is 7.92 Å². The van der Waals surface area contributed by atoms with Crippen LogP contribution < -0.4 is 15.9 Å². The Morgan fingerprint density at radius 2 is 1.04 bits per heavy atom. The normalized spacial score (nSPS) is 10.2. The third-order valence-electron chi connectivity index (χ3n) is 3.89. The lowest BCUT2D eigenvalue weighted by molar-refractivity contribution is 1.49. The van der Waals surface area contributed by atoms with Gasteiger partial charge in [0.15, 0.2) is 0 Å². The Morgan fingerprint density at radius 1 is 0.625 bits per heavy atom. The second-order valence-corrected chi connectivity index (χ2v) is 7.50. The second kappa shape index (κ2) is 7.10. The van der Waals surface area contributed by atoms with E-state index in [1.54, 1.807) is 0 Å². The molecule has 3 aromatic rings.